The molecule has 2 fully saturated rings. The molecule has 3 aliphatic heterocycles. The van der Waals surface area contributed by atoms with Crippen LogP contribution in [0.25, 0.3) is 0 Å². The summed E-state index contributed by atoms with van der Waals surface area (Å²) in [7, 11) is 0. The van der Waals surface area contributed by atoms with Gasteiger partial charge in [0.25, 0.3) is 5.91 Å². The first-order valence-electron chi connectivity index (χ1n) is 10.8. The zero-order valence-corrected chi connectivity index (χ0v) is 17.5. The number of carboxylic acids is 1. The fourth-order valence-corrected chi connectivity index (χ4v) is 4.65. The summed E-state index contributed by atoms with van der Waals surface area (Å²) >= 11 is 0. The van der Waals surface area contributed by atoms with Crippen LogP contribution in [-0.2, 0) is 27.3 Å². The Kier molecular flexibility index (Phi) is 6.33. The predicted octanol–water partition coefficient (Wildman–Crippen LogP) is 0.0824. The Balaban J connectivity index is 1.28. The van der Waals surface area contributed by atoms with Gasteiger partial charge in [0, 0.05) is 44.7 Å². The second kappa shape index (κ2) is 9.15. The van der Waals surface area contributed by atoms with Gasteiger partial charge in [-0.1, -0.05) is 12.1 Å². The van der Waals surface area contributed by atoms with Crippen molar-refractivity contribution < 1.29 is 24.3 Å². The molecule has 1 unspecified atom stereocenters. The van der Waals surface area contributed by atoms with Gasteiger partial charge in [-0.3, -0.25) is 29.4 Å². The number of benzene rings is 1. The highest BCUT2D eigenvalue weighted by Crippen LogP contribution is 2.28. The highest BCUT2D eigenvalue weighted by Gasteiger charge is 2.39. The summed E-state index contributed by atoms with van der Waals surface area (Å²) in [6.45, 7) is 4.79. The van der Waals surface area contributed by atoms with E-state index in [2.05, 4.69) is 16.3 Å². The van der Waals surface area contributed by atoms with E-state index in [9.17, 15) is 19.2 Å². The van der Waals surface area contributed by atoms with Crippen molar-refractivity contribution in [2.75, 3.05) is 39.3 Å². The fourth-order valence-electron chi connectivity index (χ4n) is 4.65. The number of imide groups is 1. The minimum Gasteiger partial charge on any atom is -0.480 e. The Morgan fingerprint density at radius 1 is 1.10 bits per heavy atom. The van der Waals surface area contributed by atoms with Crippen LogP contribution in [0, 0.1) is 0 Å². The van der Waals surface area contributed by atoms with Gasteiger partial charge in [-0.05, 0) is 43.0 Å². The van der Waals surface area contributed by atoms with E-state index in [4.69, 9.17) is 5.11 Å². The Bertz CT molecular complexity index is 894. The molecule has 1 aromatic carbocycles. The molecule has 0 bridgehead atoms. The average molecular weight is 428 g/mol. The van der Waals surface area contributed by atoms with Crippen molar-refractivity contribution in [2.45, 2.75) is 38.3 Å². The standard InChI is InChI=1S/C22H28N4O5/c27-19-6-5-18(21(30)23-19)26-13-16-12-15(3-4-17(16)22(26)31)2-1-7-24-8-10-25(11-9-24)14-20(28)29/h3-4,12,18H,1-2,5-11,13-14H2,(H,28,29)(H,23,27,30). The van der Waals surface area contributed by atoms with Crippen molar-refractivity contribution in [3.63, 3.8) is 0 Å². The van der Waals surface area contributed by atoms with Gasteiger partial charge in [0.1, 0.15) is 6.04 Å². The van der Waals surface area contributed by atoms with Crippen LogP contribution < -0.4 is 5.32 Å². The van der Waals surface area contributed by atoms with E-state index in [1.807, 2.05) is 17.0 Å². The van der Waals surface area contributed by atoms with Crippen LogP contribution in [0.1, 0.15) is 40.7 Å². The van der Waals surface area contributed by atoms with E-state index in [0.29, 0.717) is 18.5 Å². The van der Waals surface area contributed by atoms with Gasteiger partial charge >= 0.3 is 5.97 Å². The number of carboxylic acid groups (broad SMARTS) is 1. The second-order valence-electron chi connectivity index (χ2n) is 8.51. The number of nitrogens with zero attached hydrogens (tertiary/aromatic N) is 3. The summed E-state index contributed by atoms with van der Waals surface area (Å²) in [4.78, 5) is 53.0. The zero-order valence-electron chi connectivity index (χ0n) is 17.5. The van der Waals surface area contributed by atoms with E-state index in [0.717, 1.165) is 51.1 Å². The molecule has 2 saturated heterocycles. The minimum absolute atomic E-state index is 0.109. The number of hydrogen-bond acceptors (Lipinski definition) is 6. The number of rotatable bonds is 7. The lowest BCUT2D eigenvalue weighted by Gasteiger charge is -2.33. The second-order valence-corrected chi connectivity index (χ2v) is 8.51. The molecule has 0 spiro atoms. The van der Waals surface area contributed by atoms with Crippen molar-refractivity contribution in [3.8, 4) is 0 Å². The summed E-state index contributed by atoms with van der Waals surface area (Å²) in [5, 5.41) is 11.2. The Morgan fingerprint density at radius 3 is 2.55 bits per heavy atom. The first-order chi connectivity index (χ1) is 14.9. The number of nitrogens with one attached hydrogen (secondary N) is 1. The maximum atomic E-state index is 12.8. The topological polar surface area (TPSA) is 110 Å². The molecule has 0 radical (unpaired) electrons. The molecule has 3 amide bonds. The van der Waals surface area contributed by atoms with Gasteiger partial charge in [-0.2, -0.15) is 0 Å². The summed E-state index contributed by atoms with van der Waals surface area (Å²) in [6.07, 6.45) is 2.51. The Labute approximate surface area is 181 Å². The van der Waals surface area contributed by atoms with E-state index in [-0.39, 0.29) is 30.7 Å². The lowest BCUT2D eigenvalue weighted by atomic mass is 10.0. The van der Waals surface area contributed by atoms with E-state index >= 15 is 0 Å². The first kappa shape index (κ1) is 21.5. The van der Waals surface area contributed by atoms with Crippen molar-refractivity contribution >= 4 is 23.7 Å². The number of aliphatic carboxylic acids is 1. The lowest BCUT2D eigenvalue weighted by molar-refractivity contribution is -0.139. The number of piperidine rings is 1. The summed E-state index contributed by atoms with van der Waals surface area (Å²) in [5.41, 5.74) is 2.75. The van der Waals surface area contributed by atoms with E-state index < -0.39 is 12.0 Å². The molecule has 31 heavy (non-hydrogen) atoms. The molecule has 3 heterocycles. The number of carbonyl (C=O) groups excluding carboxylic acids is 3. The van der Waals surface area contributed by atoms with Crippen LogP contribution in [0.15, 0.2) is 18.2 Å². The summed E-state index contributed by atoms with van der Waals surface area (Å²) in [5.74, 6) is -1.59. The summed E-state index contributed by atoms with van der Waals surface area (Å²) < 4.78 is 0. The maximum Gasteiger partial charge on any atom is 0.317 e. The molecular weight excluding hydrogens is 400 g/mol. The lowest BCUT2D eigenvalue weighted by Crippen LogP contribution is -2.52. The van der Waals surface area contributed by atoms with Gasteiger partial charge in [-0.15, -0.1) is 0 Å². The van der Waals surface area contributed by atoms with Crippen LogP contribution in [0.4, 0.5) is 0 Å². The van der Waals surface area contributed by atoms with Gasteiger partial charge in [0.05, 0.1) is 6.54 Å². The first-order valence-corrected chi connectivity index (χ1v) is 10.8. The molecule has 4 rings (SSSR count). The van der Waals surface area contributed by atoms with Gasteiger partial charge < -0.3 is 14.9 Å². The summed E-state index contributed by atoms with van der Waals surface area (Å²) in [6, 6.07) is 5.31. The van der Waals surface area contributed by atoms with Gasteiger partial charge in [-0.25, -0.2) is 0 Å². The number of carbonyl (C=O) groups is 4. The molecule has 1 aromatic rings. The predicted molar refractivity (Wildman–Crippen MR) is 111 cm³/mol. The van der Waals surface area contributed by atoms with Crippen LogP contribution in [0.3, 0.4) is 0 Å². The molecule has 0 aromatic heterocycles. The highest BCUT2D eigenvalue weighted by atomic mass is 16.4. The zero-order chi connectivity index (χ0) is 22.0. The number of piperazine rings is 1. The van der Waals surface area contributed by atoms with Gasteiger partial charge in [0.2, 0.25) is 11.8 Å². The minimum atomic E-state index is -0.778. The molecule has 166 valence electrons. The number of amides is 3. The van der Waals surface area contributed by atoms with Crippen molar-refractivity contribution in [3.05, 3.63) is 34.9 Å². The van der Waals surface area contributed by atoms with Crippen molar-refractivity contribution in [2.24, 2.45) is 0 Å². The SMILES string of the molecule is O=C(O)CN1CCN(CCCc2ccc3c(c2)CN(C2CCC(=O)NC2=O)C3=O)CC1. The molecule has 9 nitrogen and oxygen atoms in total. The third-order valence-electron chi connectivity index (χ3n) is 6.35. The molecular formula is C22H28N4O5. The molecule has 3 aliphatic rings. The molecule has 0 aliphatic carbocycles. The number of aryl methyl sites for hydroxylation is 1. The van der Waals surface area contributed by atoms with Crippen LogP contribution >= 0.6 is 0 Å². The Morgan fingerprint density at radius 2 is 1.84 bits per heavy atom. The quantitative estimate of drug-likeness (QED) is 0.592. The highest BCUT2D eigenvalue weighted by molar-refractivity contribution is 6.05. The molecule has 9 heteroatoms. The molecule has 2 N–H and O–H groups in total. The monoisotopic (exact) mass is 428 g/mol. The maximum absolute atomic E-state index is 12.8. The number of fused-ring (bicyclic) bond motifs is 1. The molecule has 1 atom stereocenters. The number of hydrogen-bond donors (Lipinski definition) is 2. The average Bonchev–Trinajstić information content (AvgIpc) is 3.05. The Hall–Kier alpha value is -2.78. The largest absolute Gasteiger partial charge is 0.480 e. The van der Waals surface area contributed by atoms with Crippen molar-refractivity contribution in [1.82, 2.24) is 20.0 Å². The smallest absolute Gasteiger partial charge is 0.317 e. The molecule has 0 saturated carbocycles. The van der Waals surface area contributed by atoms with E-state index in [1.54, 1.807) is 4.90 Å². The van der Waals surface area contributed by atoms with Gasteiger partial charge in [0.15, 0.2) is 0 Å². The third-order valence-corrected chi connectivity index (χ3v) is 6.35. The van der Waals surface area contributed by atoms with Crippen LogP contribution in [0.2, 0.25) is 0 Å². The van der Waals surface area contributed by atoms with Crippen molar-refractivity contribution in [1.29, 1.82) is 0 Å². The van der Waals surface area contributed by atoms with Crippen LogP contribution in [0.5, 0.6) is 0 Å². The normalized spacial score (nSPS) is 22.5. The third kappa shape index (κ3) is 4.94. The van der Waals surface area contributed by atoms with Crippen LogP contribution in [-0.4, -0.2) is 88.8 Å². The fraction of sp³-hybridized carbons (Fsp3) is 0.545. The van der Waals surface area contributed by atoms with E-state index in [1.165, 1.54) is 5.56 Å².